The van der Waals surface area contributed by atoms with Crippen LogP contribution >= 0.6 is 0 Å². The molecule has 1 heteroatoms. The average Bonchev–Trinajstić information content (AvgIpc) is 2.01. The largest absolute Gasteiger partial charge is 0.294 e. The van der Waals surface area contributed by atoms with Gasteiger partial charge >= 0.3 is 0 Å². The molecular weight excluding hydrogens is 172 g/mol. The number of carbonyl (C=O) groups excluding carboxylic acids is 1. The first-order valence-corrected chi connectivity index (χ1v) is 4.84. The number of benzene rings is 1. The summed E-state index contributed by atoms with van der Waals surface area (Å²) in [5, 5.41) is 0. The Morgan fingerprint density at radius 2 is 1.79 bits per heavy atom. The summed E-state index contributed by atoms with van der Waals surface area (Å²) in [6.07, 6.45) is 3.91. The predicted molar refractivity (Wildman–Crippen MR) is 59.4 cm³/mol. The van der Waals surface area contributed by atoms with Gasteiger partial charge in [-0.05, 0) is 32.4 Å². The number of allylic oxidation sites excluding steroid dienone is 2. The SMILES string of the molecule is C/C=C/C(=O)Cc1cc(C)cc(C)c1. The smallest absolute Gasteiger partial charge is 0.159 e. The molecule has 0 aliphatic heterocycles. The van der Waals surface area contributed by atoms with E-state index in [0.29, 0.717) is 6.42 Å². The number of carbonyl (C=O) groups is 1. The summed E-state index contributed by atoms with van der Waals surface area (Å²) in [7, 11) is 0. The lowest BCUT2D eigenvalue weighted by atomic mass is 10.0. The molecule has 0 heterocycles. The molecule has 0 aromatic heterocycles. The van der Waals surface area contributed by atoms with E-state index in [2.05, 4.69) is 32.0 Å². The Kier molecular flexibility index (Phi) is 3.63. The van der Waals surface area contributed by atoms with E-state index in [0.717, 1.165) is 5.56 Å². The summed E-state index contributed by atoms with van der Waals surface area (Å²) in [5.74, 6) is 0.164. The van der Waals surface area contributed by atoms with Crippen LogP contribution in [0.2, 0.25) is 0 Å². The van der Waals surface area contributed by atoms with Gasteiger partial charge in [-0.1, -0.05) is 35.4 Å². The van der Waals surface area contributed by atoms with Crippen molar-refractivity contribution in [3.8, 4) is 0 Å². The Labute approximate surface area is 85.5 Å². The Hall–Kier alpha value is -1.37. The Balaban J connectivity index is 2.81. The van der Waals surface area contributed by atoms with Crippen molar-refractivity contribution < 1.29 is 4.79 Å². The van der Waals surface area contributed by atoms with Crippen molar-refractivity contribution in [2.45, 2.75) is 27.2 Å². The monoisotopic (exact) mass is 188 g/mol. The number of hydrogen-bond acceptors (Lipinski definition) is 1. The van der Waals surface area contributed by atoms with Gasteiger partial charge in [0.15, 0.2) is 5.78 Å². The molecule has 0 bridgehead atoms. The molecule has 14 heavy (non-hydrogen) atoms. The second-order valence-electron chi connectivity index (χ2n) is 3.64. The van der Waals surface area contributed by atoms with Crippen LogP contribution in [0.5, 0.6) is 0 Å². The van der Waals surface area contributed by atoms with Gasteiger partial charge in [0.2, 0.25) is 0 Å². The van der Waals surface area contributed by atoms with Crippen LogP contribution in [0, 0.1) is 13.8 Å². The van der Waals surface area contributed by atoms with Crippen molar-refractivity contribution in [2.24, 2.45) is 0 Å². The van der Waals surface area contributed by atoms with E-state index in [-0.39, 0.29) is 5.78 Å². The van der Waals surface area contributed by atoms with Crippen molar-refractivity contribution in [2.75, 3.05) is 0 Å². The molecule has 0 saturated carbocycles. The van der Waals surface area contributed by atoms with E-state index in [1.807, 2.05) is 6.92 Å². The third kappa shape index (κ3) is 3.17. The van der Waals surface area contributed by atoms with E-state index in [1.165, 1.54) is 11.1 Å². The summed E-state index contributed by atoms with van der Waals surface area (Å²) in [4.78, 5) is 11.3. The lowest BCUT2D eigenvalue weighted by Crippen LogP contribution is -1.99. The van der Waals surface area contributed by atoms with Crippen molar-refractivity contribution >= 4 is 5.78 Å². The minimum absolute atomic E-state index is 0.164. The summed E-state index contributed by atoms with van der Waals surface area (Å²) in [6.45, 7) is 5.96. The Morgan fingerprint density at radius 3 is 2.29 bits per heavy atom. The minimum atomic E-state index is 0.164. The maximum Gasteiger partial charge on any atom is 0.159 e. The van der Waals surface area contributed by atoms with Gasteiger partial charge in [0.25, 0.3) is 0 Å². The van der Waals surface area contributed by atoms with Gasteiger partial charge in [-0.25, -0.2) is 0 Å². The third-order valence-corrected chi connectivity index (χ3v) is 2.01. The summed E-state index contributed by atoms with van der Waals surface area (Å²) < 4.78 is 0. The summed E-state index contributed by atoms with van der Waals surface area (Å²) in [5.41, 5.74) is 3.53. The second-order valence-corrected chi connectivity index (χ2v) is 3.64. The first-order chi connectivity index (χ1) is 6.61. The first kappa shape index (κ1) is 10.7. The van der Waals surface area contributed by atoms with Crippen LogP contribution in [0.4, 0.5) is 0 Å². The molecule has 0 aliphatic carbocycles. The molecule has 0 spiro atoms. The number of hydrogen-bond donors (Lipinski definition) is 0. The normalized spacial score (nSPS) is 10.8. The number of aryl methyl sites for hydroxylation is 2. The lowest BCUT2D eigenvalue weighted by Gasteiger charge is -2.02. The molecule has 0 unspecified atom stereocenters. The maximum atomic E-state index is 11.3. The van der Waals surface area contributed by atoms with Crippen LogP contribution in [0.3, 0.4) is 0 Å². The van der Waals surface area contributed by atoms with Gasteiger partial charge in [0, 0.05) is 6.42 Å². The molecule has 1 rings (SSSR count). The zero-order valence-electron chi connectivity index (χ0n) is 9.00. The van der Waals surface area contributed by atoms with Crippen LogP contribution < -0.4 is 0 Å². The van der Waals surface area contributed by atoms with Crippen LogP contribution in [0.1, 0.15) is 23.6 Å². The van der Waals surface area contributed by atoms with Gasteiger partial charge in [0.05, 0.1) is 0 Å². The van der Waals surface area contributed by atoms with Gasteiger partial charge < -0.3 is 0 Å². The molecule has 0 N–H and O–H groups in total. The summed E-state index contributed by atoms with van der Waals surface area (Å²) in [6, 6.07) is 6.24. The van der Waals surface area contributed by atoms with E-state index in [4.69, 9.17) is 0 Å². The maximum absolute atomic E-state index is 11.3. The van der Waals surface area contributed by atoms with Crippen molar-refractivity contribution in [3.63, 3.8) is 0 Å². The van der Waals surface area contributed by atoms with Crippen LogP contribution in [0.15, 0.2) is 30.4 Å². The molecule has 0 atom stereocenters. The zero-order chi connectivity index (χ0) is 10.6. The lowest BCUT2D eigenvalue weighted by molar-refractivity contribution is -0.114. The third-order valence-electron chi connectivity index (χ3n) is 2.01. The molecular formula is C13H16O. The number of rotatable bonds is 3. The highest BCUT2D eigenvalue weighted by Crippen LogP contribution is 2.09. The highest BCUT2D eigenvalue weighted by atomic mass is 16.1. The fraction of sp³-hybridized carbons (Fsp3) is 0.308. The molecule has 0 amide bonds. The minimum Gasteiger partial charge on any atom is -0.294 e. The average molecular weight is 188 g/mol. The fourth-order valence-electron chi connectivity index (χ4n) is 1.62. The predicted octanol–water partition coefficient (Wildman–Crippen LogP) is 2.99. The highest BCUT2D eigenvalue weighted by Gasteiger charge is 2.00. The molecule has 0 fully saturated rings. The van der Waals surface area contributed by atoms with Crippen LogP contribution in [-0.4, -0.2) is 5.78 Å². The quantitative estimate of drug-likeness (QED) is 0.666. The van der Waals surface area contributed by atoms with Crippen molar-refractivity contribution in [1.29, 1.82) is 0 Å². The van der Waals surface area contributed by atoms with E-state index >= 15 is 0 Å². The standard InChI is InChI=1S/C13H16O/c1-4-5-13(14)9-12-7-10(2)6-11(3)8-12/h4-8H,9H2,1-3H3/b5-4+. The van der Waals surface area contributed by atoms with Crippen molar-refractivity contribution in [1.82, 2.24) is 0 Å². The highest BCUT2D eigenvalue weighted by molar-refractivity contribution is 5.91. The zero-order valence-corrected chi connectivity index (χ0v) is 9.00. The van der Waals surface area contributed by atoms with Gasteiger partial charge in [-0.3, -0.25) is 4.79 Å². The van der Waals surface area contributed by atoms with E-state index in [1.54, 1.807) is 12.2 Å². The first-order valence-electron chi connectivity index (χ1n) is 4.84. The molecule has 0 aliphatic rings. The topological polar surface area (TPSA) is 17.1 Å². The molecule has 0 radical (unpaired) electrons. The molecule has 1 aromatic carbocycles. The fourth-order valence-corrected chi connectivity index (χ4v) is 1.62. The molecule has 0 saturated heterocycles. The van der Waals surface area contributed by atoms with E-state index < -0.39 is 0 Å². The molecule has 1 aromatic rings. The van der Waals surface area contributed by atoms with Gasteiger partial charge in [-0.2, -0.15) is 0 Å². The van der Waals surface area contributed by atoms with Gasteiger partial charge in [-0.15, -0.1) is 0 Å². The molecule has 1 nitrogen and oxygen atoms in total. The number of ketones is 1. The van der Waals surface area contributed by atoms with Crippen LogP contribution in [0.25, 0.3) is 0 Å². The van der Waals surface area contributed by atoms with Crippen LogP contribution in [-0.2, 0) is 11.2 Å². The Bertz CT molecular complexity index is 341. The Morgan fingerprint density at radius 1 is 1.21 bits per heavy atom. The van der Waals surface area contributed by atoms with Crippen molar-refractivity contribution in [3.05, 3.63) is 47.0 Å². The molecule has 74 valence electrons. The van der Waals surface area contributed by atoms with Gasteiger partial charge in [0.1, 0.15) is 0 Å². The van der Waals surface area contributed by atoms with E-state index in [9.17, 15) is 4.79 Å². The summed E-state index contributed by atoms with van der Waals surface area (Å²) >= 11 is 0. The second kappa shape index (κ2) is 4.75.